The van der Waals surface area contributed by atoms with Crippen LogP contribution in [0.25, 0.3) is 0 Å². The second kappa shape index (κ2) is 8.07. The molecule has 1 rings (SSSR count). The van der Waals surface area contributed by atoms with Gasteiger partial charge in [-0.25, -0.2) is 4.98 Å². The highest BCUT2D eigenvalue weighted by molar-refractivity contribution is 7.80. The third-order valence-electron chi connectivity index (χ3n) is 3.13. The first-order valence-corrected chi connectivity index (χ1v) is 7.12. The van der Waals surface area contributed by atoms with Crippen molar-refractivity contribution in [2.45, 2.75) is 32.7 Å². The van der Waals surface area contributed by atoms with Crippen molar-refractivity contribution < 1.29 is 0 Å². The van der Waals surface area contributed by atoms with Crippen LogP contribution in [-0.2, 0) is 0 Å². The number of hydrogen-bond acceptors (Lipinski definition) is 4. The van der Waals surface area contributed by atoms with E-state index in [1.165, 1.54) is 6.42 Å². The minimum absolute atomic E-state index is 0.335. The summed E-state index contributed by atoms with van der Waals surface area (Å²) in [6.07, 6.45) is 2.30. The zero-order valence-corrected chi connectivity index (χ0v) is 12.8. The number of nitrogens with two attached hydrogens (primary N) is 1. The van der Waals surface area contributed by atoms with Crippen LogP contribution in [0.3, 0.4) is 0 Å². The zero-order chi connectivity index (χ0) is 14.3. The van der Waals surface area contributed by atoms with E-state index in [9.17, 15) is 0 Å². The standard InChI is InChI=1S/C14H24N4S/c1-11(2)18(3)10-5-4-9-16-13-8-6-7-12(17-13)14(15)19/h6-8,11H,4-5,9-10H2,1-3H3,(H2,15,19)(H,16,17). The monoisotopic (exact) mass is 280 g/mol. The molecule has 0 atom stereocenters. The van der Waals surface area contributed by atoms with Crippen molar-refractivity contribution in [1.29, 1.82) is 0 Å². The first kappa shape index (κ1) is 15.9. The Hall–Kier alpha value is -1.20. The number of thiocarbonyl (C=S) groups is 1. The van der Waals surface area contributed by atoms with Crippen LogP contribution in [0.5, 0.6) is 0 Å². The van der Waals surface area contributed by atoms with Crippen molar-refractivity contribution in [2.75, 3.05) is 25.5 Å². The lowest BCUT2D eigenvalue weighted by atomic mass is 10.2. The molecule has 3 N–H and O–H groups in total. The van der Waals surface area contributed by atoms with Crippen LogP contribution in [0, 0.1) is 0 Å². The summed E-state index contributed by atoms with van der Waals surface area (Å²) in [5.41, 5.74) is 6.22. The molecule has 5 heteroatoms. The van der Waals surface area contributed by atoms with Crippen LogP contribution in [0.1, 0.15) is 32.4 Å². The molecule has 1 heterocycles. The number of pyridine rings is 1. The average Bonchev–Trinajstić information content (AvgIpc) is 2.38. The topological polar surface area (TPSA) is 54.2 Å². The van der Waals surface area contributed by atoms with E-state index in [-0.39, 0.29) is 0 Å². The largest absolute Gasteiger partial charge is 0.388 e. The van der Waals surface area contributed by atoms with Gasteiger partial charge in [0.05, 0.1) is 5.69 Å². The summed E-state index contributed by atoms with van der Waals surface area (Å²) in [5, 5.41) is 3.30. The maximum absolute atomic E-state index is 5.56. The predicted molar refractivity (Wildman–Crippen MR) is 85.6 cm³/mol. The molecule has 0 saturated heterocycles. The maximum Gasteiger partial charge on any atom is 0.126 e. The lowest BCUT2D eigenvalue weighted by molar-refractivity contribution is 0.269. The van der Waals surface area contributed by atoms with E-state index < -0.39 is 0 Å². The van der Waals surface area contributed by atoms with Gasteiger partial charge in [-0.15, -0.1) is 0 Å². The van der Waals surface area contributed by atoms with E-state index in [0.29, 0.717) is 16.7 Å². The van der Waals surface area contributed by atoms with Crippen LogP contribution < -0.4 is 11.1 Å². The molecule has 0 aromatic carbocycles. The van der Waals surface area contributed by atoms with E-state index in [0.717, 1.165) is 25.3 Å². The van der Waals surface area contributed by atoms with Crippen LogP contribution in [0.2, 0.25) is 0 Å². The van der Waals surface area contributed by atoms with Gasteiger partial charge in [-0.3, -0.25) is 0 Å². The van der Waals surface area contributed by atoms with Crippen molar-refractivity contribution in [2.24, 2.45) is 5.73 Å². The normalized spacial score (nSPS) is 11.0. The maximum atomic E-state index is 5.56. The number of aromatic nitrogens is 1. The first-order chi connectivity index (χ1) is 9.00. The zero-order valence-electron chi connectivity index (χ0n) is 12.0. The highest BCUT2D eigenvalue weighted by atomic mass is 32.1. The molecule has 4 nitrogen and oxygen atoms in total. The molecule has 0 fully saturated rings. The summed E-state index contributed by atoms with van der Waals surface area (Å²) in [6, 6.07) is 6.28. The Kier molecular flexibility index (Phi) is 6.73. The number of unbranched alkanes of at least 4 members (excludes halogenated alkanes) is 1. The van der Waals surface area contributed by atoms with Gasteiger partial charge in [0.2, 0.25) is 0 Å². The predicted octanol–water partition coefficient (Wildman–Crippen LogP) is 2.25. The van der Waals surface area contributed by atoms with E-state index in [1.54, 1.807) is 0 Å². The number of nitrogens with zero attached hydrogens (tertiary/aromatic N) is 2. The Balaban J connectivity index is 2.26. The number of rotatable bonds is 8. The lowest BCUT2D eigenvalue weighted by Crippen LogP contribution is -2.27. The third-order valence-corrected chi connectivity index (χ3v) is 3.34. The highest BCUT2D eigenvalue weighted by Crippen LogP contribution is 2.05. The molecule has 1 aromatic rings. The smallest absolute Gasteiger partial charge is 0.126 e. The number of hydrogen-bond donors (Lipinski definition) is 2. The van der Waals surface area contributed by atoms with Gasteiger partial charge in [-0.2, -0.15) is 0 Å². The highest BCUT2D eigenvalue weighted by Gasteiger charge is 2.02. The summed E-state index contributed by atoms with van der Waals surface area (Å²) in [4.78, 5) is 7.03. The van der Waals surface area contributed by atoms with Gasteiger partial charge in [0, 0.05) is 12.6 Å². The van der Waals surface area contributed by atoms with Gasteiger partial charge < -0.3 is 16.0 Å². The van der Waals surface area contributed by atoms with Crippen LogP contribution in [0.15, 0.2) is 18.2 Å². The fourth-order valence-corrected chi connectivity index (χ4v) is 1.74. The fraction of sp³-hybridized carbons (Fsp3) is 0.571. The van der Waals surface area contributed by atoms with Crippen molar-refractivity contribution in [1.82, 2.24) is 9.88 Å². The second-order valence-electron chi connectivity index (χ2n) is 4.98. The van der Waals surface area contributed by atoms with Crippen molar-refractivity contribution >= 4 is 23.0 Å². The Bertz CT molecular complexity index is 406. The molecular formula is C14H24N4S. The van der Waals surface area contributed by atoms with Gasteiger partial charge in [0.15, 0.2) is 0 Å². The quantitative estimate of drug-likeness (QED) is 0.565. The Morgan fingerprint density at radius 1 is 1.42 bits per heavy atom. The molecule has 0 bridgehead atoms. The third kappa shape index (κ3) is 5.98. The minimum atomic E-state index is 0.335. The van der Waals surface area contributed by atoms with Crippen molar-refractivity contribution in [3.05, 3.63) is 23.9 Å². The van der Waals surface area contributed by atoms with Gasteiger partial charge in [0.1, 0.15) is 10.8 Å². The molecule has 0 unspecified atom stereocenters. The number of nitrogens with one attached hydrogen (secondary N) is 1. The molecule has 0 saturated carbocycles. The van der Waals surface area contributed by atoms with Crippen LogP contribution in [0.4, 0.5) is 5.82 Å². The Morgan fingerprint density at radius 3 is 2.79 bits per heavy atom. The molecular weight excluding hydrogens is 256 g/mol. The molecule has 0 amide bonds. The summed E-state index contributed by atoms with van der Waals surface area (Å²) >= 11 is 4.91. The molecule has 0 spiro atoms. The van der Waals surface area contributed by atoms with E-state index in [4.69, 9.17) is 18.0 Å². The molecule has 0 aliphatic carbocycles. The van der Waals surface area contributed by atoms with Gasteiger partial charge in [0.25, 0.3) is 0 Å². The Morgan fingerprint density at radius 2 is 2.16 bits per heavy atom. The molecule has 0 radical (unpaired) electrons. The molecule has 0 aliphatic rings. The van der Waals surface area contributed by atoms with Crippen LogP contribution in [-0.4, -0.2) is 41.1 Å². The van der Waals surface area contributed by atoms with Crippen molar-refractivity contribution in [3.63, 3.8) is 0 Å². The summed E-state index contributed by atoms with van der Waals surface area (Å²) in [6.45, 7) is 6.46. The fourth-order valence-electron chi connectivity index (χ4n) is 1.63. The average molecular weight is 280 g/mol. The van der Waals surface area contributed by atoms with Gasteiger partial charge in [-0.05, 0) is 52.4 Å². The molecule has 19 heavy (non-hydrogen) atoms. The second-order valence-corrected chi connectivity index (χ2v) is 5.42. The van der Waals surface area contributed by atoms with E-state index >= 15 is 0 Å². The van der Waals surface area contributed by atoms with Gasteiger partial charge in [-0.1, -0.05) is 18.3 Å². The van der Waals surface area contributed by atoms with E-state index in [1.807, 2.05) is 18.2 Å². The van der Waals surface area contributed by atoms with E-state index in [2.05, 4.69) is 36.1 Å². The SMILES string of the molecule is CC(C)N(C)CCCCNc1cccc(C(N)=S)n1. The lowest BCUT2D eigenvalue weighted by Gasteiger charge is -2.20. The molecule has 106 valence electrons. The summed E-state index contributed by atoms with van der Waals surface area (Å²) < 4.78 is 0. The minimum Gasteiger partial charge on any atom is -0.388 e. The molecule has 0 aliphatic heterocycles. The van der Waals surface area contributed by atoms with Crippen LogP contribution >= 0.6 is 12.2 Å². The molecule has 1 aromatic heterocycles. The van der Waals surface area contributed by atoms with Gasteiger partial charge >= 0.3 is 0 Å². The van der Waals surface area contributed by atoms with Crippen molar-refractivity contribution in [3.8, 4) is 0 Å². The summed E-state index contributed by atoms with van der Waals surface area (Å²) in [7, 11) is 2.16. The summed E-state index contributed by atoms with van der Waals surface area (Å²) in [5.74, 6) is 0.836. The number of anilines is 1. The first-order valence-electron chi connectivity index (χ1n) is 6.71. The Labute approximate surface area is 121 Å².